The quantitative estimate of drug-likeness (QED) is 0.625. The van der Waals surface area contributed by atoms with E-state index in [2.05, 4.69) is 22.4 Å². The van der Waals surface area contributed by atoms with Crippen molar-refractivity contribution < 1.29 is 9.32 Å². The van der Waals surface area contributed by atoms with Crippen LogP contribution in [0, 0.1) is 6.92 Å². The van der Waals surface area contributed by atoms with E-state index >= 15 is 0 Å². The van der Waals surface area contributed by atoms with E-state index in [0.717, 1.165) is 17.4 Å². The summed E-state index contributed by atoms with van der Waals surface area (Å²) in [6.45, 7) is 6.30. The van der Waals surface area contributed by atoms with E-state index in [4.69, 9.17) is 4.52 Å². The summed E-state index contributed by atoms with van der Waals surface area (Å²) in [6.07, 6.45) is 4.11. The van der Waals surface area contributed by atoms with E-state index in [0.29, 0.717) is 36.4 Å². The highest BCUT2D eigenvalue weighted by Gasteiger charge is 2.19. The van der Waals surface area contributed by atoms with Crippen LogP contribution < -0.4 is 16.6 Å². The maximum absolute atomic E-state index is 13.0. The van der Waals surface area contributed by atoms with Gasteiger partial charge < -0.3 is 14.4 Å². The SMILES string of the molecule is CCCCn1cnc2c1c(=O)n(CC(=O)Nc1cc(C)on1)c(=O)n2CCC. The molecule has 0 radical (unpaired) electrons. The predicted octanol–water partition coefficient (Wildman–Crippen LogP) is 1.50. The molecule has 0 spiro atoms. The molecule has 1 amide bonds. The molecule has 150 valence electrons. The summed E-state index contributed by atoms with van der Waals surface area (Å²) in [7, 11) is 0. The Balaban J connectivity index is 2.03. The molecule has 0 atom stereocenters. The van der Waals surface area contributed by atoms with Crippen molar-refractivity contribution in [3.8, 4) is 0 Å². The maximum Gasteiger partial charge on any atom is 0.333 e. The van der Waals surface area contributed by atoms with E-state index in [1.54, 1.807) is 23.9 Å². The first kappa shape index (κ1) is 19.6. The highest BCUT2D eigenvalue weighted by molar-refractivity contribution is 5.89. The fourth-order valence-electron chi connectivity index (χ4n) is 3.05. The van der Waals surface area contributed by atoms with Gasteiger partial charge in [0.2, 0.25) is 5.91 Å². The second kappa shape index (κ2) is 8.24. The molecule has 3 rings (SSSR count). The Labute approximate surface area is 160 Å². The summed E-state index contributed by atoms with van der Waals surface area (Å²) in [6, 6.07) is 1.55. The van der Waals surface area contributed by atoms with E-state index < -0.39 is 23.7 Å². The van der Waals surface area contributed by atoms with Crippen LogP contribution in [0.3, 0.4) is 0 Å². The Bertz CT molecular complexity index is 1100. The highest BCUT2D eigenvalue weighted by Crippen LogP contribution is 2.10. The van der Waals surface area contributed by atoms with E-state index in [1.165, 1.54) is 4.57 Å². The normalized spacial score (nSPS) is 11.2. The highest BCUT2D eigenvalue weighted by atomic mass is 16.5. The molecule has 0 unspecified atom stereocenters. The van der Waals surface area contributed by atoms with Crippen molar-refractivity contribution >= 4 is 22.9 Å². The van der Waals surface area contributed by atoms with Crippen LogP contribution in [0.5, 0.6) is 0 Å². The Kier molecular flexibility index (Phi) is 5.76. The molecular formula is C18H24N6O4. The van der Waals surface area contributed by atoms with Crippen LogP contribution in [-0.4, -0.2) is 29.7 Å². The fourth-order valence-corrected chi connectivity index (χ4v) is 3.05. The van der Waals surface area contributed by atoms with Crippen LogP contribution in [0.15, 0.2) is 26.5 Å². The van der Waals surface area contributed by atoms with Crippen molar-refractivity contribution in [3.05, 3.63) is 39.0 Å². The number of amides is 1. The largest absolute Gasteiger partial charge is 0.360 e. The van der Waals surface area contributed by atoms with Crippen molar-refractivity contribution in [3.63, 3.8) is 0 Å². The molecular weight excluding hydrogens is 364 g/mol. The molecule has 28 heavy (non-hydrogen) atoms. The van der Waals surface area contributed by atoms with E-state index in [9.17, 15) is 14.4 Å². The lowest BCUT2D eigenvalue weighted by Gasteiger charge is -2.11. The minimum absolute atomic E-state index is 0.235. The molecule has 0 saturated carbocycles. The number of carbonyl (C=O) groups excluding carboxylic acids is 1. The van der Waals surface area contributed by atoms with Gasteiger partial charge in [-0.15, -0.1) is 0 Å². The molecule has 1 N–H and O–H groups in total. The number of aryl methyl sites for hydroxylation is 3. The third-order valence-corrected chi connectivity index (χ3v) is 4.38. The Morgan fingerprint density at radius 3 is 2.61 bits per heavy atom. The van der Waals surface area contributed by atoms with Gasteiger partial charge in [-0.05, 0) is 19.8 Å². The third kappa shape index (κ3) is 3.75. The summed E-state index contributed by atoms with van der Waals surface area (Å²) in [4.78, 5) is 42.6. The Hall–Kier alpha value is -3.17. The Morgan fingerprint density at radius 2 is 1.96 bits per heavy atom. The summed E-state index contributed by atoms with van der Waals surface area (Å²) in [5, 5.41) is 6.22. The minimum atomic E-state index is -0.549. The number of fused-ring (bicyclic) bond motifs is 1. The number of rotatable bonds is 8. The predicted molar refractivity (Wildman–Crippen MR) is 103 cm³/mol. The lowest BCUT2D eigenvalue weighted by Crippen LogP contribution is -2.43. The molecule has 10 nitrogen and oxygen atoms in total. The maximum atomic E-state index is 13.0. The van der Waals surface area contributed by atoms with Crippen LogP contribution in [0.1, 0.15) is 38.9 Å². The molecule has 3 aromatic heterocycles. The van der Waals surface area contributed by atoms with Gasteiger partial charge in [-0.3, -0.25) is 14.2 Å². The molecule has 10 heteroatoms. The molecule has 0 bridgehead atoms. The molecule has 3 heterocycles. The van der Waals surface area contributed by atoms with Crippen LogP contribution in [0.4, 0.5) is 5.82 Å². The molecule has 0 fully saturated rings. The molecule has 0 saturated heterocycles. The first-order valence-corrected chi connectivity index (χ1v) is 9.37. The van der Waals surface area contributed by atoms with E-state index in [-0.39, 0.29) is 5.82 Å². The van der Waals surface area contributed by atoms with Crippen molar-refractivity contribution in [1.82, 2.24) is 23.8 Å². The summed E-state index contributed by atoms with van der Waals surface area (Å²) in [5.74, 6) is 0.243. The zero-order chi connectivity index (χ0) is 20.3. The van der Waals surface area contributed by atoms with Crippen LogP contribution in [0.25, 0.3) is 11.2 Å². The second-order valence-corrected chi connectivity index (χ2v) is 6.66. The van der Waals surface area contributed by atoms with Crippen molar-refractivity contribution in [2.24, 2.45) is 0 Å². The number of carbonyl (C=O) groups is 1. The summed E-state index contributed by atoms with van der Waals surface area (Å²) in [5.41, 5.74) is -0.373. The van der Waals surface area contributed by atoms with Crippen molar-refractivity contribution in [2.75, 3.05) is 5.32 Å². The summed E-state index contributed by atoms with van der Waals surface area (Å²) < 4.78 is 9.06. The minimum Gasteiger partial charge on any atom is -0.360 e. The molecule has 0 aliphatic heterocycles. The van der Waals surface area contributed by atoms with Crippen LogP contribution >= 0.6 is 0 Å². The van der Waals surface area contributed by atoms with E-state index in [1.807, 2.05) is 6.92 Å². The first-order valence-electron chi connectivity index (χ1n) is 9.37. The van der Waals surface area contributed by atoms with Crippen molar-refractivity contribution in [1.29, 1.82) is 0 Å². The van der Waals surface area contributed by atoms with Crippen LogP contribution in [-0.2, 0) is 24.4 Å². The smallest absolute Gasteiger partial charge is 0.333 e. The summed E-state index contributed by atoms with van der Waals surface area (Å²) >= 11 is 0. The van der Waals surface area contributed by atoms with Gasteiger partial charge in [0, 0.05) is 19.2 Å². The Morgan fingerprint density at radius 1 is 1.18 bits per heavy atom. The van der Waals surface area contributed by atoms with Gasteiger partial charge in [-0.25, -0.2) is 14.3 Å². The topological polar surface area (TPSA) is 117 Å². The number of hydrogen-bond acceptors (Lipinski definition) is 6. The number of nitrogens with one attached hydrogen (secondary N) is 1. The van der Waals surface area contributed by atoms with Gasteiger partial charge >= 0.3 is 5.69 Å². The molecule has 0 aliphatic carbocycles. The van der Waals surface area contributed by atoms with Gasteiger partial charge in [0.25, 0.3) is 5.56 Å². The van der Waals surface area contributed by atoms with Gasteiger partial charge in [0.15, 0.2) is 17.0 Å². The molecule has 0 aliphatic rings. The molecule has 3 aromatic rings. The molecule has 0 aromatic carbocycles. The van der Waals surface area contributed by atoms with Crippen LogP contribution in [0.2, 0.25) is 0 Å². The third-order valence-electron chi connectivity index (χ3n) is 4.38. The lowest BCUT2D eigenvalue weighted by atomic mass is 10.3. The number of aromatic nitrogens is 5. The van der Waals surface area contributed by atoms with Gasteiger partial charge in [0.05, 0.1) is 6.33 Å². The average Bonchev–Trinajstić information content (AvgIpc) is 3.26. The number of anilines is 1. The van der Waals surface area contributed by atoms with Crippen molar-refractivity contribution in [2.45, 2.75) is 59.7 Å². The average molecular weight is 388 g/mol. The monoisotopic (exact) mass is 388 g/mol. The van der Waals surface area contributed by atoms with Gasteiger partial charge in [0.1, 0.15) is 12.3 Å². The number of hydrogen-bond donors (Lipinski definition) is 1. The zero-order valence-electron chi connectivity index (χ0n) is 16.3. The number of nitrogens with zero attached hydrogens (tertiary/aromatic N) is 5. The van der Waals surface area contributed by atoms with Gasteiger partial charge in [-0.2, -0.15) is 0 Å². The number of imidazole rings is 1. The zero-order valence-corrected chi connectivity index (χ0v) is 16.3. The fraction of sp³-hybridized carbons (Fsp3) is 0.500. The number of unbranched alkanes of at least 4 members (excludes halogenated alkanes) is 1. The van der Waals surface area contributed by atoms with Gasteiger partial charge in [-0.1, -0.05) is 25.4 Å². The standard InChI is InChI=1S/C18H24N6O4/c1-4-6-8-22-11-19-16-15(22)17(26)24(18(27)23(16)7-5-2)10-14(25)20-13-9-12(3)28-21-13/h9,11H,4-8,10H2,1-3H3,(H,20,21,25). The first-order chi connectivity index (χ1) is 13.5. The second-order valence-electron chi connectivity index (χ2n) is 6.66. The lowest BCUT2D eigenvalue weighted by molar-refractivity contribution is -0.116.